The molecule has 1 aliphatic heterocycles. The number of nitrogens with one attached hydrogen (secondary N) is 1. The fraction of sp³-hybridized carbons (Fsp3) is 0.455. The summed E-state index contributed by atoms with van der Waals surface area (Å²) in [5.74, 6) is 0.829. The molecule has 12 heavy (non-hydrogen) atoms. The summed E-state index contributed by atoms with van der Waals surface area (Å²) < 4.78 is 0. The van der Waals surface area contributed by atoms with Gasteiger partial charge in [-0.1, -0.05) is 37.3 Å². The van der Waals surface area contributed by atoms with Gasteiger partial charge in [0, 0.05) is 6.04 Å². The zero-order valence-corrected chi connectivity index (χ0v) is 7.46. The van der Waals surface area contributed by atoms with Gasteiger partial charge in [-0.2, -0.15) is 0 Å². The molecular formula is C11H15N. The van der Waals surface area contributed by atoms with Gasteiger partial charge in [0.1, 0.15) is 0 Å². The van der Waals surface area contributed by atoms with Gasteiger partial charge in [0.2, 0.25) is 0 Å². The van der Waals surface area contributed by atoms with E-state index in [1.54, 1.807) is 0 Å². The number of rotatable bonds is 1. The van der Waals surface area contributed by atoms with Crippen molar-refractivity contribution >= 4 is 0 Å². The molecule has 0 radical (unpaired) electrons. The standard InChI is InChI=1S/C11H15N/c1-9-7-11(12-8-9)10-5-3-2-4-6-10/h2-6,9,11-12H,7-8H2,1H3/t9-,11+/m0/s1. The lowest BCUT2D eigenvalue weighted by atomic mass is 10.0. The molecule has 1 N–H and O–H groups in total. The maximum absolute atomic E-state index is 3.52. The van der Waals surface area contributed by atoms with E-state index in [4.69, 9.17) is 0 Å². The molecule has 1 aliphatic rings. The van der Waals surface area contributed by atoms with Crippen molar-refractivity contribution in [1.29, 1.82) is 0 Å². The van der Waals surface area contributed by atoms with Gasteiger partial charge in [-0.15, -0.1) is 0 Å². The Balaban J connectivity index is 2.11. The van der Waals surface area contributed by atoms with E-state index in [-0.39, 0.29) is 0 Å². The molecule has 1 saturated heterocycles. The minimum absolute atomic E-state index is 0.598. The average Bonchev–Trinajstić information content (AvgIpc) is 2.54. The smallest absolute Gasteiger partial charge is 0.0323 e. The predicted molar refractivity (Wildman–Crippen MR) is 51.0 cm³/mol. The second-order valence-corrected chi connectivity index (χ2v) is 3.71. The van der Waals surface area contributed by atoms with E-state index in [1.807, 2.05) is 0 Å². The van der Waals surface area contributed by atoms with Crippen molar-refractivity contribution < 1.29 is 0 Å². The molecule has 0 aromatic heterocycles. The van der Waals surface area contributed by atoms with Crippen LogP contribution in [0.1, 0.15) is 24.9 Å². The van der Waals surface area contributed by atoms with E-state index in [2.05, 4.69) is 42.6 Å². The van der Waals surface area contributed by atoms with Crippen molar-refractivity contribution in [2.24, 2.45) is 5.92 Å². The number of benzene rings is 1. The van der Waals surface area contributed by atoms with Gasteiger partial charge in [0.05, 0.1) is 0 Å². The first-order chi connectivity index (χ1) is 5.86. The van der Waals surface area contributed by atoms with Crippen LogP contribution < -0.4 is 5.32 Å². The lowest BCUT2D eigenvalue weighted by Crippen LogP contribution is -2.12. The minimum Gasteiger partial charge on any atom is -0.310 e. The SMILES string of the molecule is C[C@@H]1CN[C@@H](c2ccccc2)C1. The van der Waals surface area contributed by atoms with Crippen LogP contribution >= 0.6 is 0 Å². The van der Waals surface area contributed by atoms with Crippen LogP contribution in [-0.2, 0) is 0 Å². The lowest BCUT2D eigenvalue weighted by Gasteiger charge is -2.09. The van der Waals surface area contributed by atoms with Crippen LogP contribution in [0, 0.1) is 5.92 Å². The van der Waals surface area contributed by atoms with Crippen LogP contribution in [0.5, 0.6) is 0 Å². The number of hydrogen-bond donors (Lipinski definition) is 1. The maximum atomic E-state index is 3.52. The van der Waals surface area contributed by atoms with Crippen LogP contribution in [-0.4, -0.2) is 6.54 Å². The number of hydrogen-bond acceptors (Lipinski definition) is 1. The van der Waals surface area contributed by atoms with E-state index in [9.17, 15) is 0 Å². The summed E-state index contributed by atoms with van der Waals surface area (Å²) in [7, 11) is 0. The van der Waals surface area contributed by atoms with Crippen LogP contribution in [0.15, 0.2) is 30.3 Å². The van der Waals surface area contributed by atoms with Crippen molar-refractivity contribution in [1.82, 2.24) is 5.32 Å². The molecule has 2 atom stereocenters. The Morgan fingerprint density at radius 3 is 2.58 bits per heavy atom. The molecule has 0 aliphatic carbocycles. The fourth-order valence-electron chi connectivity index (χ4n) is 1.85. The van der Waals surface area contributed by atoms with Gasteiger partial charge in [-0.3, -0.25) is 0 Å². The normalized spacial score (nSPS) is 29.1. The van der Waals surface area contributed by atoms with E-state index < -0.39 is 0 Å². The molecule has 0 amide bonds. The third kappa shape index (κ3) is 1.51. The van der Waals surface area contributed by atoms with E-state index >= 15 is 0 Å². The molecule has 1 fully saturated rings. The Labute approximate surface area is 73.8 Å². The highest BCUT2D eigenvalue weighted by Crippen LogP contribution is 2.25. The molecule has 0 spiro atoms. The van der Waals surface area contributed by atoms with Gasteiger partial charge < -0.3 is 5.32 Å². The highest BCUT2D eigenvalue weighted by Gasteiger charge is 2.21. The zero-order valence-electron chi connectivity index (χ0n) is 7.46. The molecule has 0 bridgehead atoms. The van der Waals surface area contributed by atoms with Crippen LogP contribution in [0.4, 0.5) is 0 Å². The van der Waals surface area contributed by atoms with Crippen molar-refractivity contribution in [2.45, 2.75) is 19.4 Å². The summed E-state index contributed by atoms with van der Waals surface area (Å²) >= 11 is 0. The quantitative estimate of drug-likeness (QED) is 0.666. The first-order valence-corrected chi connectivity index (χ1v) is 4.64. The molecular weight excluding hydrogens is 146 g/mol. The topological polar surface area (TPSA) is 12.0 Å². The summed E-state index contributed by atoms with van der Waals surface area (Å²) in [6, 6.07) is 11.3. The van der Waals surface area contributed by atoms with E-state index in [0.29, 0.717) is 6.04 Å². The Morgan fingerprint density at radius 2 is 2.00 bits per heavy atom. The fourth-order valence-corrected chi connectivity index (χ4v) is 1.85. The van der Waals surface area contributed by atoms with Gasteiger partial charge in [0.25, 0.3) is 0 Å². The maximum Gasteiger partial charge on any atom is 0.0323 e. The zero-order chi connectivity index (χ0) is 8.39. The third-order valence-corrected chi connectivity index (χ3v) is 2.55. The summed E-state index contributed by atoms with van der Waals surface area (Å²) in [5, 5.41) is 3.52. The summed E-state index contributed by atoms with van der Waals surface area (Å²) in [6.45, 7) is 3.47. The molecule has 0 unspecified atom stereocenters. The minimum atomic E-state index is 0.598. The predicted octanol–water partition coefficient (Wildman–Crippen LogP) is 2.36. The van der Waals surface area contributed by atoms with Gasteiger partial charge in [-0.25, -0.2) is 0 Å². The summed E-state index contributed by atoms with van der Waals surface area (Å²) in [4.78, 5) is 0. The van der Waals surface area contributed by atoms with Crippen LogP contribution in [0.2, 0.25) is 0 Å². The Hall–Kier alpha value is -0.820. The van der Waals surface area contributed by atoms with Crippen LogP contribution in [0.25, 0.3) is 0 Å². The average molecular weight is 161 g/mol. The molecule has 1 nitrogen and oxygen atoms in total. The molecule has 0 saturated carbocycles. The molecule has 2 rings (SSSR count). The van der Waals surface area contributed by atoms with E-state index in [0.717, 1.165) is 5.92 Å². The van der Waals surface area contributed by atoms with Crippen molar-refractivity contribution in [2.75, 3.05) is 6.54 Å². The molecule has 64 valence electrons. The Kier molecular flexibility index (Phi) is 2.13. The molecule has 1 aromatic carbocycles. The Bertz CT molecular complexity index is 242. The molecule has 1 heterocycles. The highest BCUT2D eigenvalue weighted by molar-refractivity contribution is 5.19. The largest absolute Gasteiger partial charge is 0.310 e. The van der Waals surface area contributed by atoms with Gasteiger partial charge in [-0.05, 0) is 24.4 Å². The first kappa shape index (κ1) is 7.81. The van der Waals surface area contributed by atoms with Gasteiger partial charge >= 0.3 is 0 Å². The first-order valence-electron chi connectivity index (χ1n) is 4.64. The highest BCUT2D eigenvalue weighted by atomic mass is 14.9. The van der Waals surface area contributed by atoms with E-state index in [1.165, 1.54) is 18.5 Å². The second-order valence-electron chi connectivity index (χ2n) is 3.71. The monoisotopic (exact) mass is 161 g/mol. The summed E-state index contributed by atoms with van der Waals surface area (Å²) in [6.07, 6.45) is 1.28. The molecule has 1 heteroatoms. The lowest BCUT2D eigenvalue weighted by molar-refractivity contribution is 0.612. The van der Waals surface area contributed by atoms with Crippen molar-refractivity contribution in [3.63, 3.8) is 0 Å². The Morgan fingerprint density at radius 1 is 1.25 bits per heavy atom. The summed E-state index contributed by atoms with van der Waals surface area (Å²) in [5.41, 5.74) is 1.43. The van der Waals surface area contributed by atoms with Gasteiger partial charge in [0.15, 0.2) is 0 Å². The third-order valence-electron chi connectivity index (χ3n) is 2.55. The second kappa shape index (κ2) is 3.28. The molecule has 1 aromatic rings. The van der Waals surface area contributed by atoms with Crippen molar-refractivity contribution in [3.05, 3.63) is 35.9 Å². The van der Waals surface area contributed by atoms with Crippen LogP contribution in [0.3, 0.4) is 0 Å². The van der Waals surface area contributed by atoms with Crippen molar-refractivity contribution in [3.8, 4) is 0 Å².